The van der Waals surface area contributed by atoms with Crippen molar-refractivity contribution in [2.24, 2.45) is 4.99 Å². The van der Waals surface area contributed by atoms with Crippen molar-refractivity contribution in [2.45, 2.75) is 40.2 Å². The minimum Gasteiger partial charge on any atom is -0.278 e. The first-order chi connectivity index (χ1) is 4.66. The van der Waals surface area contributed by atoms with Crippen LogP contribution in [-0.2, 0) is 0 Å². The van der Waals surface area contributed by atoms with Crippen LogP contribution < -0.4 is 0 Å². The molecule has 0 aromatic heterocycles. The van der Waals surface area contributed by atoms with E-state index >= 15 is 0 Å². The summed E-state index contributed by atoms with van der Waals surface area (Å²) in [6.07, 6.45) is 0.908. The fraction of sp³-hybridized carbons (Fsp3) is 0.667. The summed E-state index contributed by atoms with van der Waals surface area (Å²) >= 11 is 0. The summed E-state index contributed by atoms with van der Waals surface area (Å²) in [5.41, 5.74) is 0.942. The first kappa shape index (κ1) is 9.23. The molecule has 0 heterocycles. The molecule has 0 aliphatic heterocycles. The van der Waals surface area contributed by atoms with Crippen LogP contribution in [0.1, 0.15) is 34.1 Å². The van der Waals surface area contributed by atoms with Crippen LogP contribution in [0.5, 0.6) is 0 Å². The van der Waals surface area contributed by atoms with Gasteiger partial charge in [-0.3, -0.25) is 4.99 Å². The lowest BCUT2D eigenvalue weighted by atomic mass is 10.3. The molecule has 10 heavy (non-hydrogen) atoms. The first-order valence-electron chi connectivity index (χ1n) is 3.70. The smallest absolute Gasteiger partial charge is 0.0816 e. The van der Waals surface area contributed by atoms with Crippen LogP contribution in [0.3, 0.4) is 0 Å². The lowest BCUT2D eigenvalue weighted by molar-refractivity contribution is 0.837. The zero-order chi connectivity index (χ0) is 7.98. The van der Waals surface area contributed by atoms with Gasteiger partial charge in [-0.25, -0.2) is 0 Å². The van der Waals surface area contributed by atoms with Crippen LogP contribution in [0.15, 0.2) is 4.99 Å². The molecule has 1 nitrogen and oxygen atoms in total. The Balaban J connectivity index is 3.94. The van der Waals surface area contributed by atoms with Gasteiger partial charge < -0.3 is 0 Å². The molecular formula is C9H15N. The zero-order valence-corrected chi connectivity index (χ0v) is 7.23. The quantitative estimate of drug-likeness (QED) is 0.388. The number of nitrogens with zero attached hydrogens (tertiary/aromatic N) is 1. The van der Waals surface area contributed by atoms with Gasteiger partial charge in [0.2, 0.25) is 0 Å². The Morgan fingerprint density at radius 3 is 2.50 bits per heavy atom. The van der Waals surface area contributed by atoms with Gasteiger partial charge in [0.25, 0.3) is 0 Å². The second-order valence-electron chi connectivity index (χ2n) is 2.46. The summed E-state index contributed by atoms with van der Waals surface area (Å²) in [6, 6.07) is 0.367. The summed E-state index contributed by atoms with van der Waals surface area (Å²) in [4.78, 5) is 4.26. The number of hydrogen-bond acceptors (Lipinski definition) is 1. The van der Waals surface area contributed by atoms with Crippen LogP contribution in [-0.4, -0.2) is 11.8 Å². The monoisotopic (exact) mass is 137 g/mol. The van der Waals surface area contributed by atoms with Gasteiger partial charge in [0.1, 0.15) is 0 Å². The normalized spacial score (nSPS) is 11.1. The van der Waals surface area contributed by atoms with Crippen LogP contribution in [0.25, 0.3) is 0 Å². The Morgan fingerprint density at radius 1 is 1.50 bits per heavy atom. The second kappa shape index (κ2) is 5.05. The van der Waals surface area contributed by atoms with Crippen molar-refractivity contribution in [2.75, 3.05) is 0 Å². The van der Waals surface area contributed by atoms with E-state index in [1.807, 2.05) is 13.8 Å². The topological polar surface area (TPSA) is 12.4 Å². The Labute approximate surface area is 63.6 Å². The minimum atomic E-state index is 0.367. The molecule has 0 rings (SSSR count). The van der Waals surface area contributed by atoms with Crippen molar-refractivity contribution in [3.63, 3.8) is 0 Å². The predicted octanol–water partition coefficient (Wildman–Crippen LogP) is 2.27. The number of aliphatic imine (C=N–C) groups is 1. The Kier molecular flexibility index (Phi) is 4.66. The molecule has 0 aromatic rings. The second-order valence-corrected chi connectivity index (χ2v) is 2.46. The lowest BCUT2D eigenvalue weighted by Gasteiger charge is -1.93. The van der Waals surface area contributed by atoms with Crippen molar-refractivity contribution in [3.05, 3.63) is 0 Å². The van der Waals surface area contributed by atoms with Crippen LogP contribution in [0, 0.1) is 11.8 Å². The fourth-order valence-corrected chi connectivity index (χ4v) is 0.636. The summed E-state index contributed by atoms with van der Waals surface area (Å²) < 4.78 is 0. The van der Waals surface area contributed by atoms with E-state index in [0.717, 1.165) is 12.1 Å². The maximum Gasteiger partial charge on any atom is 0.0816 e. The third-order valence-electron chi connectivity index (χ3n) is 0.898. The highest BCUT2D eigenvalue weighted by Gasteiger charge is 1.86. The van der Waals surface area contributed by atoms with Gasteiger partial charge in [0.05, 0.1) is 5.71 Å². The SMILES string of the molecule is CCC#CC(C)=NC(C)C. The molecule has 0 N–H and O–H groups in total. The van der Waals surface area contributed by atoms with Gasteiger partial charge in [-0.2, -0.15) is 0 Å². The van der Waals surface area contributed by atoms with Crippen molar-refractivity contribution in [1.29, 1.82) is 0 Å². The van der Waals surface area contributed by atoms with Crippen LogP contribution in [0.2, 0.25) is 0 Å². The van der Waals surface area contributed by atoms with E-state index in [9.17, 15) is 0 Å². The average molecular weight is 137 g/mol. The van der Waals surface area contributed by atoms with E-state index in [1.54, 1.807) is 0 Å². The minimum absolute atomic E-state index is 0.367. The molecule has 0 aliphatic rings. The van der Waals surface area contributed by atoms with Crippen molar-refractivity contribution in [1.82, 2.24) is 0 Å². The van der Waals surface area contributed by atoms with E-state index < -0.39 is 0 Å². The maximum absolute atomic E-state index is 4.26. The lowest BCUT2D eigenvalue weighted by Crippen LogP contribution is -1.94. The van der Waals surface area contributed by atoms with Crippen molar-refractivity contribution >= 4 is 5.71 Å². The van der Waals surface area contributed by atoms with Gasteiger partial charge >= 0.3 is 0 Å². The standard InChI is InChI=1S/C9H15N/c1-5-6-7-9(4)10-8(2)3/h8H,5H2,1-4H3. The molecule has 0 atom stereocenters. The Morgan fingerprint density at radius 2 is 2.10 bits per heavy atom. The molecule has 0 unspecified atom stereocenters. The van der Waals surface area contributed by atoms with E-state index in [1.165, 1.54) is 0 Å². The van der Waals surface area contributed by atoms with Crippen molar-refractivity contribution in [3.8, 4) is 11.8 Å². The molecule has 0 fully saturated rings. The Bertz CT molecular complexity index is 167. The third kappa shape index (κ3) is 5.37. The summed E-state index contributed by atoms with van der Waals surface area (Å²) in [6.45, 7) is 8.09. The largest absolute Gasteiger partial charge is 0.278 e. The fourth-order valence-electron chi connectivity index (χ4n) is 0.636. The number of rotatable bonds is 1. The van der Waals surface area contributed by atoms with Gasteiger partial charge in [0, 0.05) is 12.5 Å². The van der Waals surface area contributed by atoms with Gasteiger partial charge in [-0.15, -0.1) is 0 Å². The van der Waals surface area contributed by atoms with E-state index in [4.69, 9.17) is 0 Å². The highest BCUT2D eigenvalue weighted by molar-refractivity contribution is 5.98. The van der Waals surface area contributed by atoms with Gasteiger partial charge in [-0.1, -0.05) is 18.8 Å². The van der Waals surface area contributed by atoms with Gasteiger partial charge in [-0.05, 0) is 20.8 Å². The molecule has 0 saturated carbocycles. The van der Waals surface area contributed by atoms with E-state index in [-0.39, 0.29) is 0 Å². The van der Waals surface area contributed by atoms with E-state index in [0.29, 0.717) is 6.04 Å². The summed E-state index contributed by atoms with van der Waals surface area (Å²) in [5, 5.41) is 0. The molecule has 0 radical (unpaired) electrons. The Hall–Kier alpha value is -0.770. The van der Waals surface area contributed by atoms with Crippen LogP contribution in [0.4, 0.5) is 0 Å². The van der Waals surface area contributed by atoms with Crippen molar-refractivity contribution < 1.29 is 0 Å². The highest BCUT2D eigenvalue weighted by Crippen LogP contribution is 1.86. The predicted molar refractivity (Wildman–Crippen MR) is 46.3 cm³/mol. The molecular weight excluding hydrogens is 122 g/mol. The molecule has 0 amide bonds. The summed E-state index contributed by atoms with van der Waals surface area (Å²) in [7, 11) is 0. The third-order valence-corrected chi connectivity index (χ3v) is 0.898. The van der Waals surface area contributed by atoms with E-state index in [2.05, 4.69) is 30.7 Å². The molecule has 0 saturated heterocycles. The molecule has 0 aliphatic carbocycles. The maximum atomic E-state index is 4.26. The molecule has 0 bridgehead atoms. The molecule has 56 valence electrons. The summed E-state index contributed by atoms with van der Waals surface area (Å²) in [5.74, 6) is 5.94. The first-order valence-corrected chi connectivity index (χ1v) is 3.70. The van der Waals surface area contributed by atoms with Gasteiger partial charge in [0.15, 0.2) is 0 Å². The van der Waals surface area contributed by atoms with Crippen LogP contribution >= 0.6 is 0 Å². The molecule has 1 heteroatoms. The average Bonchev–Trinajstić information content (AvgIpc) is 1.82. The zero-order valence-electron chi connectivity index (χ0n) is 7.23. The highest BCUT2D eigenvalue weighted by atomic mass is 14.8. The molecule has 0 spiro atoms. The molecule has 0 aromatic carbocycles. The number of hydrogen-bond donors (Lipinski definition) is 0.